The van der Waals surface area contributed by atoms with Crippen molar-refractivity contribution in [2.45, 2.75) is 32.7 Å². The molecule has 3 amide bonds. The summed E-state index contributed by atoms with van der Waals surface area (Å²) < 4.78 is 5.42. The van der Waals surface area contributed by atoms with Gasteiger partial charge in [-0.1, -0.05) is 24.3 Å². The smallest absolute Gasteiger partial charge is 0.254 e. The highest BCUT2D eigenvalue weighted by Crippen LogP contribution is 2.30. The second-order valence-electron chi connectivity index (χ2n) is 7.89. The predicted molar refractivity (Wildman–Crippen MR) is 115 cm³/mol. The quantitative estimate of drug-likeness (QED) is 0.764. The van der Waals surface area contributed by atoms with Crippen molar-refractivity contribution >= 4 is 28.5 Å². The molecule has 2 aromatic carbocycles. The van der Waals surface area contributed by atoms with Gasteiger partial charge in [-0.3, -0.25) is 14.4 Å². The van der Waals surface area contributed by atoms with Gasteiger partial charge in [-0.25, -0.2) is 0 Å². The number of nitrogens with one attached hydrogen (secondary N) is 2. The van der Waals surface area contributed by atoms with E-state index in [9.17, 15) is 14.4 Å². The van der Waals surface area contributed by atoms with Crippen LogP contribution in [-0.2, 0) is 9.59 Å². The molecule has 0 bridgehead atoms. The SMILES string of the molecule is COc1ccc(C(=O)N2CCC[C@@H](C(=O)NCC(=O)NC(C)C)C2)c2ccccc12. The number of benzene rings is 2. The number of methoxy groups -OCH3 is 1. The summed E-state index contributed by atoms with van der Waals surface area (Å²) in [5, 5.41) is 7.16. The summed E-state index contributed by atoms with van der Waals surface area (Å²) in [6.45, 7) is 4.64. The van der Waals surface area contributed by atoms with Crippen molar-refractivity contribution in [1.82, 2.24) is 15.5 Å². The lowest BCUT2D eigenvalue weighted by Gasteiger charge is -2.32. The van der Waals surface area contributed by atoms with Crippen molar-refractivity contribution in [3.8, 4) is 5.75 Å². The van der Waals surface area contributed by atoms with Crippen LogP contribution in [0.2, 0.25) is 0 Å². The van der Waals surface area contributed by atoms with Crippen LogP contribution in [0, 0.1) is 5.92 Å². The minimum Gasteiger partial charge on any atom is -0.496 e. The van der Waals surface area contributed by atoms with Gasteiger partial charge >= 0.3 is 0 Å². The van der Waals surface area contributed by atoms with Gasteiger partial charge in [0.25, 0.3) is 5.91 Å². The average molecular weight is 412 g/mol. The molecule has 160 valence electrons. The molecule has 0 aliphatic carbocycles. The lowest BCUT2D eigenvalue weighted by atomic mass is 9.95. The van der Waals surface area contributed by atoms with Gasteiger partial charge in [0, 0.05) is 30.1 Å². The highest BCUT2D eigenvalue weighted by atomic mass is 16.5. The molecule has 0 radical (unpaired) electrons. The number of hydrogen-bond donors (Lipinski definition) is 2. The van der Waals surface area contributed by atoms with Crippen LogP contribution in [0.25, 0.3) is 10.8 Å². The summed E-state index contributed by atoms with van der Waals surface area (Å²) in [7, 11) is 1.61. The molecule has 0 spiro atoms. The second-order valence-corrected chi connectivity index (χ2v) is 7.89. The lowest BCUT2D eigenvalue weighted by molar-refractivity contribution is -0.129. The van der Waals surface area contributed by atoms with Crippen LogP contribution in [0.1, 0.15) is 37.0 Å². The second kappa shape index (κ2) is 9.61. The molecule has 30 heavy (non-hydrogen) atoms. The first kappa shape index (κ1) is 21.6. The van der Waals surface area contributed by atoms with E-state index in [-0.39, 0.29) is 36.2 Å². The van der Waals surface area contributed by atoms with Crippen molar-refractivity contribution in [3.05, 3.63) is 42.0 Å². The van der Waals surface area contributed by atoms with E-state index in [2.05, 4.69) is 10.6 Å². The molecule has 1 atom stereocenters. The molecule has 1 saturated heterocycles. The Labute approximate surface area is 176 Å². The number of fused-ring (bicyclic) bond motifs is 1. The van der Waals surface area contributed by atoms with E-state index in [1.165, 1.54) is 0 Å². The van der Waals surface area contributed by atoms with Gasteiger partial charge in [-0.2, -0.15) is 0 Å². The lowest BCUT2D eigenvalue weighted by Crippen LogP contribution is -2.47. The van der Waals surface area contributed by atoms with Gasteiger partial charge in [0.15, 0.2) is 0 Å². The highest BCUT2D eigenvalue weighted by molar-refractivity contribution is 6.08. The minimum absolute atomic E-state index is 0.0246. The van der Waals surface area contributed by atoms with Crippen molar-refractivity contribution in [1.29, 1.82) is 0 Å². The number of rotatable bonds is 6. The molecular weight excluding hydrogens is 382 g/mol. The van der Waals surface area contributed by atoms with Crippen molar-refractivity contribution < 1.29 is 19.1 Å². The fourth-order valence-corrected chi connectivity index (χ4v) is 3.87. The van der Waals surface area contributed by atoms with Crippen LogP contribution in [-0.4, -0.2) is 55.4 Å². The number of nitrogens with zero attached hydrogens (tertiary/aromatic N) is 1. The number of amides is 3. The van der Waals surface area contributed by atoms with Crippen molar-refractivity contribution in [2.24, 2.45) is 5.92 Å². The average Bonchev–Trinajstić information content (AvgIpc) is 2.75. The molecule has 1 heterocycles. The third-order valence-corrected chi connectivity index (χ3v) is 5.29. The van der Waals surface area contributed by atoms with Gasteiger partial charge in [0.05, 0.1) is 19.6 Å². The zero-order valence-corrected chi connectivity index (χ0v) is 17.7. The Hall–Kier alpha value is -3.09. The van der Waals surface area contributed by atoms with Crippen LogP contribution in [0.3, 0.4) is 0 Å². The molecule has 1 aliphatic rings. The predicted octanol–water partition coefficient (Wildman–Crippen LogP) is 2.34. The van der Waals surface area contributed by atoms with E-state index in [1.54, 1.807) is 24.1 Å². The Morgan fingerprint density at radius 3 is 2.57 bits per heavy atom. The Kier molecular flexibility index (Phi) is 6.92. The number of piperidine rings is 1. The van der Waals surface area contributed by atoms with Crippen molar-refractivity contribution in [2.75, 3.05) is 26.7 Å². The van der Waals surface area contributed by atoms with E-state index < -0.39 is 0 Å². The van der Waals surface area contributed by atoms with Gasteiger partial charge in [0.2, 0.25) is 11.8 Å². The maximum atomic E-state index is 13.3. The Bertz CT molecular complexity index is 941. The fourth-order valence-electron chi connectivity index (χ4n) is 3.87. The summed E-state index contributed by atoms with van der Waals surface area (Å²) in [6, 6.07) is 11.3. The molecule has 0 saturated carbocycles. The zero-order chi connectivity index (χ0) is 21.7. The van der Waals surface area contributed by atoms with Gasteiger partial charge in [-0.05, 0) is 44.2 Å². The van der Waals surface area contributed by atoms with Gasteiger partial charge < -0.3 is 20.3 Å². The molecular formula is C23H29N3O4. The number of ether oxygens (including phenoxy) is 1. The highest BCUT2D eigenvalue weighted by Gasteiger charge is 2.30. The van der Waals surface area contributed by atoms with Crippen LogP contribution >= 0.6 is 0 Å². The normalized spacial score (nSPS) is 16.4. The van der Waals surface area contributed by atoms with E-state index >= 15 is 0 Å². The molecule has 0 aromatic heterocycles. The van der Waals surface area contributed by atoms with E-state index in [4.69, 9.17) is 4.74 Å². The van der Waals surface area contributed by atoms with E-state index in [0.717, 1.165) is 22.9 Å². The molecule has 2 aromatic rings. The van der Waals surface area contributed by atoms with Gasteiger partial charge in [0.1, 0.15) is 5.75 Å². The maximum Gasteiger partial charge on any atom is 0.254 e. The Morgan fingerprint density at radius 2 is 1.87 bits per heavy atom. The molecule has 7 nitrogen and oxygen atoms in total. The maximum absolute atomic E-state index is 13.3. The molecule has 0 unspecified atom stereocenters. The molecule has 3 rings (SSSR count). The molecule has 1 aliphatic heterocycles. The summed E-state index contributed by atoms with van der Waals surface area (Å²) in [5.41, 5.74) is 0.601. The van der Waals surface area contributed by atoms with Gasteiger partial charge in [-0.15, -0.1) is 0 Å². The largest absolute Gasteiger partial charge is 0.496 e. The summed E-state index contributed by atoms with van der Waals surface area (Å²) >= 11 is 0. The molecule has 2 N–H and O–H groups in total. The third-order valence-electron chi connectivity index (χ3n) is 5.29. The van der Waals surface area contributed by atoms with Crippen LogP contribution in [0.15, 0.2) is 36.4 Å². The number of likely N-dealkylation sites (tertiary alicyclic amines) is 1. The standard InChI is InChI=1S/C23H29N3O4/c1-15(2)25-21(27)13-24-22(28)16-7-6-12-26(14-16)23(29)19-10-11-20(30-3)18-9-5-4-8-17(18)19/h4-5,8-11,15-16H,6-7,12-14H2,1-3H3,(H,24,28)(H,25,27)/t16-/m1/s1. The van der Waals surface area contributed by atoms with E-state index in [0.29, 0.717) is 25.1 Å². The summed E-state index contributed by atoms with van der Waals surface area (Å²) in [6.07, 6.45) is 1.45. The van der Waals surface area contributed by atoms with Crippen molar-refractivity contribution in [3.63, 3.8) is 0 Å². The summed E-state index contributed by atoms with van der Waals surface area (Å²) in [4.78, 5) is 39.3. The number of carbonyl (C=O) groups is 3. The Morgan fingerprint density at radius 1 is 1.13 bits per heavy atom. The zero-order valence-electron chi connectivity index (χ0n) is 17.7. The molecule has 1 fully saturated rings. The number of hydrogen-bond acceptors (Lipinski definition) is 4. The summed E-state index contributed by atoms with van der Waals surface area (Å²) in [5.74, 6) is -0.0986. The number of carbonyl (C=O) groups excluding carboxylic acids is 3. The van der Waals surface area contributed by atoms with Crippen LogP contribution in [0.4, 0.5) is 0 Å². The Balaban J connectivity index is 1.70. The van der Waals surface area contributed by atoms with Crippen LogP contribution < -0.4 is 15.4 Å². The first-order valence-corrected chi connectivity index (χ1v) is 10.3. The van der Waals surface area contributed by atoms with Crippen LogP contribution in [0.5, 0.6) is 5.75 Å². The fraction of sp³-hybridized carbons (Fsp3) is 0.435. The molecule has 7 heteroatoms. The first-order valence-electron chi connectivity index (χ1n) is 10.3. The third kappa shape index (κ3) is 4.90. The van der Waals surface area contributed by atoms with E-state index in [1.807, 2.05) is 38.1 Å². The topological polar surface area (TPSA) is 87.7 Å². The monoisotopic (exact) mass is 411 g/mol. The first-order chi connectivity index (χ1) is 14.4. The minimum atomic E-state index is -0.320.